The molecular weight excluding hydrogens is 423 g/mol. The molecule has 0 aliphatic rings. The Morgan fingerprint density at radius 2 is 1.81 bits per heavy atom. The number of nitrogens with two attached hydrogens (primary N) is 1. The van der Waals surface area contributed by atoms with Gasteiger partial charge in [-0.05, 0) is 52.3 Å². The van der Waals surface area contributed by atoms with Crippen LogP contribution in [0.2, 0.25) is 5.02 Å². The Bertz CT molecular complexity index is 735. The molecule has 0 saturated carbocycles. The predicted octanol–water partition coefficient (Wildman–Crippen LogP) is 4.22. The van der Waals surface area contributed by atoms with Crippen LogP contribution in [0.25, 0.3) is 0 Å². The summed E-state index contributed by atoms with van der Waals surface area (Å²) < 4.78 is 1.42. The number of anilines is 1. The van der Waals surface area contributed by atoms with Crippen molar-refractivity contribution in [2.45, 2.75) is 0 Å². The Balaban J connectivity index is 2.33. The number of carbonyl (C=O) groups is 2. The minimum atomic E-state index is -0.592. The second kappa shape index (κ2) is 6.60. The van der Waals surface area contributed by atoms with Crippen LogP contribution in [0.4, 0.5) is 5.69 Å². The number of hydrogen-bond acceptors (Lipinski definition) is 2. The van der Waals surface area contributed by atoms with Crippen molar-refractivity contribution < 1.29 is 9.59 Å². The van der Waals surface area contributed by atoms with Gasteiger partial charge in [-0.15, -0.1) is 0 Å². The number of carbonyl (C=O) groups excluding carboxylic acids is 2. The summed E-state index contributed by atoms with van der Waals surface area (Å²) in [6.07, 6.45) is 0. The van der Waals surface area contributed by atoms with E-state index in [0.29, 0.717) is 20.7 Å². The summed E-state index contributed by atoms with van der Waals surface area (Å²) in [5.74, 6) is -0.947. The highest BCUT2D eigenvalue weighted by molar-refractivity contribution is 9.11. The second-order valence-corrected chi connectivity index (χ2v) is 6.31. The van der Waals surface area contributed by atoms with E-state index in [1.165, 1.54) is 18.2 Å². The third-order valence-electron chi connectivity index (χ3n) is 2.67. The smallest absolute Gasteiger partial charge is 0.256 e. The van der Waals surface area contributed by atoms with Crippen molar-refractivity contribution in [2.75, 3.05) is 5.32 Å². The molecule has 0 fully saturated rings. The largest absolute Gasteiger partial charge is 0.366 e. The summed E-state index contributed by atoms with van der Waals surface area (Å²) in [7, 11) is 0. The highest BCUT2D eigenvalue weighted by Gasteiger charge is 2.13. The SMILES string of the molecule is NC(=O)c1ccc(Cl)c(NC(=O)c2cc(Br)ccc2Br)c1. The Kier molecular flexibility index (Phi) is 5.03. The fourth-order valence-electron chi connectivity index (χ4n) is 1.64. The molecule has 0 unspecified atom stereocenters. The molecule has 0 aromatic heterocycles. The quantitative estimate of drug-likeness (QED) is 0.763. The van der Waals surface area contributed by atoms with Gasteiger partial charge in [0.25, 0.3) is 5.91 Å². The lowest BCUT2D eigenvalue weighted by Gasteiger charge is -2.10. The molecule has 7 heteroatoms. The van der Waals surface area contributed by atoms with Gasteiger partial charge in [0.2, 0.25) is 5.91 Å². The van der Waals surface area contributed by atoms with Gasteiger partial charge in [0.05, 0.1) is 16.3 Å². The van der Waals surface area contributed by atoms with Gasteiger partial charge >= 0.3 is 0 Å². The molecule has 0 aliphatic carbocycles. The maximum atomic E-state index is 12.3. The molecule has 0 bridgehead atoms. The molecule has 2 amide bonds. The van der Waals surface area contributed by atoms with Crippen LogP contribution in [-0.4, -0.2) is 11.8 Å². The maximum absolute atomic E-state index is 12.3. The average Bonchev–Trinajstić information content (AvgIpc) is 2.43. The number of primary amides is 1. The molecule has 0 aliphatic heterocycles. The topological polar surface area (TPSA) is 72.2 Å². The fraction of sp³-hybridized carbons (Fsp3) is 0. The van der Waals surface area contributed by atoms with Crippen LogP contribution in [0.1, 0.15) is 20.7 Å². The van der Waals surface area contributed by atoms with E-state index in [9.17, 15) is 9.59 Å². The molecule has 21 heavy (non-hydrogen) atoms. The first-order valence-electron chi connectivity index (χ1n) is 5.74. The first kappa shape index (κ1) is 16.0. The number of nitrogens with one attached hydrogen (secondary N) is 1. The van der Waals surface area contributed by atoms with E-state index in [4.69, 9.17) is 17.3 Å². The van der Waals surface area contributed by atoms with Crippen molar-refractivity contribution in [2.24, 2.45) is 5.73 Å². The van der Waals surface area contributed by atoms with Crippen LogP contribution in [0, 0.1) is 0 Å². The highest BCUT2D eigenvalue weighted by atomic mass is 79.9. The Morgan fingerprint density at radius 3 is 2.48 bits per heavy atom. The monoisotopic (exact) mass is 430 g/mol. The summed E-state index contributed by atoms with van der Waals surface area (Å²) in [6, 6.07) is 9.67. The number of halogens is 3. The van der Waals surface area contributed by atoms with Crippen LogP contribution >= 0.6 is 43.5 Å². The first-order chi connectivity index (χ1) is 9.88. The van der Waals surface area contributed by atoms with E-state index >= 15 is 0 Å². The Labute approximate surface area is 142 Å². The molecular formula is C14H9Br2ClN2O2. The normalized spacial score (nSPS) is 10.2. The third-order valence-corrected chi connectivity index (χ3v) is 4.19. The van der Waals surface area contributed by atoms with Crippen molar-refractivity contribution in [1.29, 1.82) is 0 Å². The molecule has 0 spiro atoms. The minimum Gasteiger partial charge on any atom is -0.366 e. The molecule has 2 aromatic rings. The fourth-order valence-corrected chi connectivity index (χ4v) is 2.59. The van der Waals surface area contributed by atoms with Crippen molar-refractivity contribution in [1.82, 2.24) is 0 Å². The van der Waals surface area contributed by atoms with Crippen molar-refractivity contribution in [3.05, 3.63) is 61.5 Å². The van der Waals surface area contributed by atoms with Gasteiger partial charge in [0.15, 0.2) is 0 Å². The minimum absolute atomic E-state index is 0.267. The Morgan fingerprint density at radius 1 is 1.10 bits per heavy atom. The van der Waals surface area contributed by atoms with Crippen LogP contribution in [0.3, 0.4) is 0 Å². The van der Waals surface area contributed by atoms with E-state index in [0.717, 1.165) is 4.47 Å². The van der Waals surface area contributed by atoms with Crippen LogP contribution in [0.15, 0.2) is 45.3 Å². The van der Waals surface area contributed by atoms with Gasteiger partial charge in [0.1, 0.15) is 0 Å². The van der Waals surface area contributed by atoms with Gasteiger partial charge in [-0.1, -0.05) is 27.5 Å². The van der Waals surface area contributed by atoms with Crippen LogP contribution in [0.5, 0.6) is 0 Å². The molecule has 108 valence electrons. The molecule has 2 rings (SSSR count). The average molecular weight is 432 g/mol. The lowest BCUT2D eigenvalue weighted by molar-refractivity contribution is 0.0996. The van der Waals surface area contributed by atoms with Gasteiger partial charge in [-0.3, -0.25) is 9.59 Å². The standard InChI is InChI=1S/C14H9Br2ClN2O2/c15-8-2-3-10(16)9(6-8)14(21)19-12-5-7(13(18)20)1-4-11(12)17/h1-6H,(H2,18,20)(H,19,21). The van der Waals surface area contributed by atoms with E-state index in [1.807, 2.05) is 6.07 Å². The molecule has 0 heterocycles. The van der Waals surface area contributed by atoms with Gasteiger partial charge in [-0.2, -0.15) is 0 Å². The predicted molar refractivity (Wildman–Crippen MR) is 89.8 cm³/mol. The number of rotatable bonds is 3. The highest BCUT2D eigenvalue weighted by Crippen LogP contribution is 2.26. The van der Waals surface area contributed by atoms with Crippen molar-refractivity contribution >= 4 is 61.0 Å². The molecule has 4 nitrogen and oxygen atoms in total. The van der Waals surface area contributed by atoms with Crippen LogP contribution in [-0.2, 0) is 0 Å². The summed E-state index contributed by atoms with van der Waals surface area (Å²) in [5, 5.41) is 2.98. The van der Waals surface area contributed by atoms with Gasteiger partial charge < -0.3 is 11.1 Å². The molecule has 0 radical (unpaired) electrons. The number of benzene rings is 2. The summed E-state index contributed by atoms with van der Waals surface area (Å²) in [6.45, 7) is 0. The number of hydrogen-bond donors (Lipinski definition) is 2. The summed E-state index contributed by atoms with van der Waals surface area (Å²) in [4.78, 5) is 23.5. The zero-order valence-electron chi connectivity index (χ0n) is 10.5. The van der Waals surface area contributed by atoms with E-state index < -0.39 is 5.91 Å². The molecule has 0 saturated heterocycles. The van der Waals surface area contributed by atoms with E-state index in [-0.39, 0.29) is 11.5 Å². The summed E-state index contributed by atoms with van der Waals surface area (Å²) >= 11 is 12.6. The van der Waals surface area contributed by atoms with Gasteiger partial charge in [-0.25, -0.2) is 0 Å². The van der Waals surface area contributed by atoms with E-state index in [1.54, 1.807) is 12.1 Å². The van der Waals surface area contributed by atoms with Crippen molar-refractivity contribution in [3.8, 4) is 0 Å². The lowest BCUT2D eigenvalue weighted by Crippen LogP contribution is -2.15. The lowest BCUT2D eigenvalue weighted by atomic mass is 10.1. The zero-order chi connectivity index (χ0) is 15.6. The Hall–Kier alpha value is -1.37. The van der Waals surface area contributed by atoms with Crippen LogP contribution < -0.4 is 11.1 Å². The summed E-state index contributed by atoms with van der Waals surface area (Å²) in [5.41, 5.74) is 6.24. The maximum Gasteiger partial charge on any atom is 0.256 e. The molecule has 3 N–H and O–H groups in total. The molecule has 0 atom stereocenters. The number of amides is 2. The zero-order valence-corrected chi connectivity index (χ0v) is 14.4. The van der Waals surface area contributed by atoms with Gasteiger partial charge in [0, 0.05) is 14.5 Å². The van der Waals surface area contributed by atoms with E-state index in [2.05, 4.69) is 37.2 Å². The van der Waals surface area contributed by atoms with Crippen molar-refractivity contribution in [3.63, 3.8) is 0 Å². The second-order valence-electron chi connectivity index (χ2n) is 4.14. The molecule has 2 aromatic carbocycles. The third kappa shape index (κ3) is 3.84. The first-order valence-corrected chi connectivity index (χ1v) is 7.70.